The Labute approximate surface area is 148 Å². The van der Waals surface area contributed by atoms with Gasteiger partial charge >= 0.3 is 0 Å². The van der Waals surface area contributed by atoms with Crippen LogP contribution in [-0.2, 0) is 0 Å². The lowest BCUT2D eigenvalue weighted by Crippen LogP contribution is -2.15. The molecule has 0 saturated carbocycles. The summed E-state index contributed by atoms with van der Waals surface area (Å²) in [5.74, 6) is 0.888. The van der Waals surface area contributed by atoms with Gasteiger partial charge in [0.05, 0.1) is 0 Å². The largest absolute Gasteiger partial charge is 0.464 e. The molecular weight excluding hydrogens is 423 g/mol. The minimum atomic E-state index is -0.894. The molecule has 0 spiro atoms. The summed E-state index contributed by atoms with van der Waals surface area (Å²) in [5, 5.41) is 2.37. The molecule has 0 aromatic heterocycles. The van der Waals surface area contributed by atoms with Crippen LogP contribution < -0.4 is 15.1 Å². The van der Waals surface area contributed by atoms with Crippen LogP contribution in [0.2, 0.25) is 0 Å². The molecule has 0 heterocycles. The minimum absolute atomic E-state index is 0.888. The Kier molecular flexibility index (Phi) is 5.30. The van der Waals surface area contributed by atoms with Gasteiger partial charge in [-0.15, -0.1) is 0 Å². The van der Waals surface area contributed by atoms with E-state index in [1.165, 1.54) is 10.6 Å². The molecule has 0 aliphatic rings. The van der Waals surface area contributed by atoms with Gasteiger partial charge in [-0.3, -0.25) is 0 Å². The van der Waals surface area contributed by atoms with E-state index in [1.807, 2.05) is 30.3 Å². The lowest BCUT2D eigenvalue weighted by atomic mass is 10.3. The summed E-state index contributed by atoms with van der Waals surface area (Å²) in [6.45, 7) is 0. The van der Waals surface area contributed by atoms with Gasteiger partial charge < -0.3 is 4.52 Å². The fourth-order valence-electron chi connectivity index (χ4n) is 1.99. The quantitative estimate of drug-likeness (QED) is 0.482. The zero-order valence-corrected chi connectivity index (χ0v) is 15.7. The van der Waals surface area contributed by atoms with Crippen molar-refractivity contribution in [2.45, 2.75) is 0 Å². The van der Waals surface area contributed by atoms with Crippen LogP contribution in [0.1, 0.15) is 0 Å². The Morgan fingerprint density at radius 1 is 0.591 bits per heavy atom. The van der Waals surface area contributed by atoms with Gasteiger partial charge in [-0.05, 0) is 60.7 Å². The molecule has 0 atom stereocenters. The lowest BCUT2D eigenvalue weighted by Gasteiger charge is -2.19. The second-order valence-electron chi connectivity index (χ2n) is 4.65. The number of rotatable bonds is 4. The minimum Gasteiger partial charge on any atom is -0.464 e. The monoisotopic (exact) mass is 434 g/mol. The third-order valence-corrected chi connectivity index (χ3v) is 6.05. The zero-order valence-electron chi connectivity index (χ0n) is 11.6. The average Bonchev–Trinajstić information content (AvgIpc) is 2.56. The van der Waals surface area contributed by atoms with E-state index in [1.54, 1.807) is 0 Å². The van der Waals surface area contributed by atoms with Crippen molar-refractivity contribution < 1.29 is 4.52 Å². The highest BCUT2D eigenvalue weighted by Crippen LogP contribution is 2.37. The Balaban J connectivity index is 1.97. The average molecular weight is 436 g/mol. The van der Waals surface area contributed by atoms with E-state index in [9.17, 15) is 0 Å². The van der Waals surface area contributed by atoms with Crippen molar-refractivity contribution in [3.05, 3.63) is 87.8 Å². The molecule has 110 valence electrons. The van der Waals surface area contributed by atoms with Gasteiger partial charge in [-0.2, -0.15) is 0 Å². The zero-order chi connectivity index (χ0) is 15.4. The molecule has 3 aromatic carbocycles. The summed E-state index contributed by atoms with van der Waals surface area (Å²) in [6.07, 6.45) is 0. The van der Waals surface area contributed by atoms with Crippen LogP contribution in [0.3, 0.4) is 0 Å². The van der Waals surface area contributed by atoms with Crippen molar-refractivity contribution >= 4 is 50.6 Å². The second-order valence-corrected chi connectivity index (χ2v) is 8.29. The molecule has 3 rings (SSSR count). The fraction of sp³-hybridized carbons (Fsp3) is 0. The number of benzene rings is 3. The molecule has 0 aliphatic carbocycles. The van der Waals surface area contributed by atoms with Crippen molar-refractivity contribution in [2.75, 3.05) is 0 Å². The summed E-state index contributed by atoms with van der Waals surface area (Å²) in [7, 11) is -0.894. The molecule has 0 amide bonds. The highest BCUT2D eigenvalue weighted by Gasteiger charge is 2.17. The number of hydrogen-bond acceptors (Lipinski definition) is 1. The SMILES string of the molecule is Brc1ccc(P(Oc2ccccc2)c2ccc(Br)cc2)cc1. The van der Waals surface area contributed by atoms with Crippen molar-refractivity contribution in [3.8, 4) is 5.75 Å². The van der Waals surface area contributed by atoms with Crippen molar-refractivity contribution in [3.63, 3.8) is 0 Å². The van der Waals surface area contributed by atoms with Gasteiger partial charge in [0.25, 0.3) is 0 Å². The van der Waals surface area contributed by atoms with E-state index < -0.39 is 8.15 Å². The van der Waals surface area contributed by atoms with Crippen LogP contribution >= 0.6 is 40.0 Å². The van der Waals surface area contributed by atoms with E-state index in [0.29, 0.717) is 0 Å². The van der Waals surface area contributed by atoms with E-state index in [2.05, 4.69) is 80.4 Å². The van der Waals surface area contributed by atoms with E-state index >= 15 is 0 Å². The molecule has 0 bridgehead atoms. The summed E-state index contributed by atoms with van der Waals surface area (Å²) < 4.78 is 8.44. The van der Waals surface area contributed by atoms with E-state index in [-0.39, 0.29) is 0 Å². The Morgan fingerprint density at radius 3 is 1.50 bits per heavy atom. The smallest absolute Gasteiger partial charge is 0.150 e. The topological polar surface area (TPSA) is 9.23 Å². The maximum Gasteiger partial charge on any atom is 0.150 e. The number of halogens is 2. The molecule has 4 heteroatoms. The van der Waals surface area contributed by atoms with Crippen molar-refractivity contribution in [1.82, 2.24) is 0 Å². The van der Waals surface area contributed by atoms with Crippen LogP contribution in [0, 0.1) is 0 Å². The van der Waals surface area contributed by atoms with E-state index in [4.69, 9.17) is 4.52 Å². The standard InChI is InChI=1S/C18H13Br2OP/c19-14-6-10-17(11-7-14)22(18-12-8-15(20)9-13-18)21-16-4-2-1-3-5-16/h1-13H. The van der Waals surface area contributed by atoms with Crippen molar-refractivity contribution in [2.24, 2.45) is 0 Å². The first-order valence-corrected chi connectivity index (χ1v) is 9.61. The molecule has 0 radical (unpaired) electrons. The first kappa shape index (κ1) is 15.7. The van der Waals surface area contributed by atoms with Gasteiger partial charge in [0.15, 0.2) is 8.15 Å². The lowest BCUT2D eigenvalue weighted by molar-refractivity contribution is 0.630. The highest BCUT2D eigenvalue weighted by molar-refractivity contribution is 9.10. The van der Waals surface area contributed by atoms with Crippen molar-refractivity contribution in [1.29, 1.82) is 0 Å². The van der Waals surface area contributed by atoms with Crippen LogP contribution in [0.15, 0.2) is 87.8 Å². The third kappa shape index (κ3) is 3.98. The Bertz CT molecular complexity index is 682. The van der Waals surface area contributed by atoms with Crippen LogP contribution in [-0.4, -0.2) is 0 Å². The Hall–Kier alpha value is -1.15. The van der Waals surface area contributed by atoms with Gasteiger partial charge in [-0.25, -0.2) is 0 Å². The van der Waals surface area contributed by atoms with Gasteiger partial charge in [0.2, 0.25) is 0 Å². The van der Waals surface area contributed by atoms with Crippen LogP contribution in [0.5, 0.6) is 5.75 Å². The van der Waals surface area contributed by atoms with E-state index in [0.717, 1.165) is 14.7 Å². The predicted molar refractivity (Wildman–Crippen MR) is 102 cm³/mol. The summed E-state index contributed by atoms with van der Waals surface area (Å²) >= 11 is 6.97. The highest BCUT2D eigenvalue weighted by atomic mass is 79.9. The number of para-hydroxylation sites is 1. The summed E-state index contributed by atoms with van der Waals surface area (Å²) in [5.41, 5.74) is 0. The first-order chi connectivity index (χ1) is 10.7. The molecule has 3 aromatic rings. The third-order valence-electron chi connectivity index (χ3n) is 3.06. The number of hydrogen-bond donors (Lipinski definition) is 0. The Morgan fingerprint density at radius 2 is 1.05 bits per heavy atom. The molecular formula is C18H13Br2OP. The van der Waals surface area contributed by atoms with Gasteiger partial charge in [0, 0.05) is 19.6 Å². The maximum atomic E-state index is 6.30. The normalized spacial score (nSPS) is 10.7. The first-order valence-electron chi connectivity index (χ1n) is 6.77. The van der Waals surface area contributed by atoms with Gasteiger partial charge in [-0.1, -0.05) is 50.1 Å². The van der Waals surface area contributed by atoms with Gasteiger partial charge in [0.1, 0.15) is 5.75 Å². The molecule has 1 nitrogen and oxygen atoms in total. The maximum absolute atomic E-state index is 6.30. The molecule has 0 aliphatic heterocycles. The molecule has 0 saturated heterocycles. The summed E-state index contributed by atoms with van der Waals surface area (Å²) in [6, 6.07) is 26.6. The fourth-order valence-corrected chi connectivity index (χ4v) is 4.20. The molecule has 22 heavy (non-hydrogen) atoms. The second kappa shape index (κ2) is 7.41. The molecule has 0 fully saturated rings. The summed E-state index contributed by atoms with van der Waals surface area (Å²) in [4.78, 5) is 0. The van der Waals surface area contributed by atoms with Crippen LogP contribution in [0.4, 0.5) is 0 Å². The predicted octanol–water partition coefficient (Wildman–Crippen LogP) is 5.64. The van der Waals surface area contributed by atoms with Crippen LogP contribution in [0.25, 0.3) is 0 Å². The molecule has 0 N–H and O–H groups in total. The molecule has 0 unspecified atom stereocenters.